The fourth-order valence-electron chi connectivity index (χ4n) is 4.37. The molecule has 0 spiro atoms. The van der Waals surface area contributed by atoms with Gasteiger partial charge in [-0.15, -0.1) is 5.10 Å². The van der Waals surface area contributed by atoms with Crippen molar-refractivity contribution < 1.29 is 26.3 Å². The van der Waals surface area contributed by atoms with Gasteiger partial charge in [-0.2, -0.15) is 41.5 Å². The molecule has 0 bridgehead atoms. The van der Waals surface area contributed by atoms with Gasteiger partial charge in [-0.1, -0.05) is 19.9 Å². The number of pyridine rings is 2. The van der Waals surface area contributed by atoms with Gasteiger partial charge >= 0.3 is 12.4 Å². The van der Waals surface area contributed by atoms with Crippen LogP contribution >= 0.6 is 0 Å². The van der Waals surface area contributed by atoms with E-state index >= 15 is 0 Å². The highest BCUT2D eigenvalue weighted by Crippen LogP contribution is 2.33. The van der Waals surface area contributed by atoms with Crippen LogP contribution in [0.3, 0.4) is 0 Å². The third-order valence-corrected chi connectivity index (χ3v) is 5.99. The maximum absolute atomic E-state index is 13.0. The van der Waals surface area contributed by atoms with Crippen molar-refractivity contribution in [2.45, 2.75) is 38.8 Å². The molecule has 9 nitrogen and oxygen atoms in total. The number of fused-ring (bicyclic) bond motifs is 1. The Hall–Kier alpha value is -4.43. The van der Waals surface area contributed by atoms with Crippen LogP contribution in [0.15, 0.2) is 55.2 Å². The summed E-state index contributed by atoms with van der Waals surface area (Å²) in [4.78, 5) is 7.77. The molecule has 1 unspecified atom stereocenters. The number of nitrogen functional groups attached to an aromatic ring is 1. The Morgan fingerprint density at radius 2 is 1.64 bits per heavy atom. The van der Waals surface area contributed by atoms with E-state index in [1.165, 1.54) is 29.2 Å². The van der Waals surface area contributed by atoms with Gasteiger partial charge < -0.3 is 5.73 Å². The van der Waals surface area contributed by atoms with E-state index < -0.39 is 30.6 Å². The molecule has 0 saturated heterocycles. The third kappa shape index (κ3) is 5.42. The predicted octanol–water partition coefficient (Wildman–Crippen LogP) is 5.26. The summed E-state index contributed by atoms with van der Waals surface area (Å²) in [5.74, 6) is -0.0773. The van der Waals surface area contributed by atoms with Gasteiger partial charge in [-0.25, -0.2) is 4.52 Å². The van der Waals surface area contributed by atoms with Crippen LogP contribution in [0.4, 0.5) is 32.3 Å². The van der Waals surface area contributed by atoms with Crippen molar-refractivity contribution >= 4 is 11.6 Å². The Morgan fingerprint density at radius 1 is 0.897 bits per heavy atom. The molecular weight excluding hydrogens is 528 g/mol. The minimum atomic E-state index is -4.55. The number of halogens is 6. The number of aromatic nitrogens is 8. The summed E-state index contributed by atoms with van der Waals surface area (Å²) in [6.07, 6.45) is -1.95. The third-order valence-electron chi connectivity index (χ3n) is 5.99. The lowest BCUT2D eigenvalue weighted by molar-refractivity contribution is -0.143. The zero-order valence-electron chi connectivity index (χ0n) is 20.5. The van der Waals surface area contributed by atoms with Gasteiger partial charge in [0, 0.05) is 29.7 Å². The SMILES string of the molecule is CC(C)C(c1ccc(C(F)(F)F)nc1)n1cc(-c2cc(-c3cnn(CC(F)(F)F)c3)n3nc(N)nc3c2)cn1. The molecule has 1 atom stereocenters. The summed E-state index contributed by atoms with van der Waals surface area (Å²) in [5.41, 5.74) is 7.72. The van der Waals surface area contributed by atoms with Gasteiger partial charge in [0.1, 0.15) is 12.2 Å². The highest BCUT2D eigenvalue weighted by molar-refractivity contribution is 5.74. The number of nitrogens with zero attached hydrogens (tertiary/aromatic N) is 8. The number of anilines is 1. The Morgan fingerprint density at radius 3 is 2.28 bits per heavy atom. The van der Waals surface area contributed by atoms with Crippen molar-refractivity contribution in [2.75, 3.05) is 5.73 Å². The maximum Gasteiger partial charge on any atom is 0.433 e. The lowest BCUT2D eigenvalue weighted by Crippen LogP contribution is -2.18. The highest BCUT2D eigenvalue weighted by atomic mass is 19.4. The van der Waals surface area contributed by atoms with Crippen LogP contribution in [0, 0.1) is 5.92 Å². The monoisotopic (exact) mass is 549 g/mol. The van der Waals surface area contributed by atoms with Crippen LogP contribution in [0.25, 0.3) is 28.0 Å². The van der Waals surface area contributed by atoms with E-state index in [1.54, 1.807) is 29.2 Å². The molecule has 2 N–H and O–H groups in total. The summed E-state index contributed by atoms with van der Waals surface area (Å²) < 4.78 is 81.3. The van der Waals surface area contributed by atoms with Crippen molar-refractivity contribution in [1.82, 2.24) is 39.1 Å². The van der Waals surface area contributed by atoms with E-state index in [0.29, 0.717) is 33.6 Å². The van der Waals surface area contributed by atoms with Crippen LogP contribution in [0.2, 0.25) is 0 Å². The van der Waals surface area contributed by atoms with Gasteiger partial charge in [0.2, 0.25) is 5.95 Å². The first-order valence-electron chi connectivity index (χ1n) is 11.6. The number of alkyl halides is 6. The predicted molar refractivity (Wildman–Crippen MR) is 128 cm³/mol. The normalized spacial score (nSPS) is 13.5. The summed E-state index contributed by atoms with van der Waals surface area (Å²) in [7, 11) is 0. The molecule has 0 fully saturated rings. The van der Waals surface area contributed by atoms with E-state index in [0.717, 1.165) is 10.7 Å². The number of nitrogens with two attached hydrogens (primary N) is 1. The molecule has 5 aromatic heterocycles. The lowest BCUT2D eigenvalue weighted by atomic mass is 9.97. The molecule has 0 aromatic carbocycles. The molecule has 5 heterocycles. The average molecular weight is 549 g/mol. The molecule has 39 heavy (non-hydrogen) atoms. The summed E-state index contributed by atoms with van der Waals surface area (Å²) in [6.45, 7) is 2.56. The molecule has 0 aliphatic rings. The van der Waals surface area contributed by atoms with Crippen molar-refractivity contribution in [3.05, 3.63) is 66.5 Å². The Balaban J connectivity index is 1.53. The zero-order valence-corrected chi connectivity index (χ0v) is 20.5. The van der Waals surface area contributed by atoms with E-state index in [4.69, 9.17) is 5.73 Å². The fraction of sp³-hybridized carbons (Fsp3) is 0.292. The lowest BCUT2D eigenvalue weighted by Gasteiger charge is -2.22. The standard InChI is InChI=1S/C24H21F6N9/c1-13(2)21(14-3-4-19(32-7-14)24(28,29)30)38-11-16(8-34-38)15-5-18(39-20(6-15)35-22(31)36-39)17-9-33-37(10-17)12-23(25,26)27/h3-11,13,21H,12H2,1-2H3,(H2,31,36). The molecule has 0 aliphatic heterocycles. The zero-order chi connectivity index (χ0) is 28.1. The minimum absolute atomic E-state index is 0.0264. The Kier molecular flexibility index (Phi) is 6.31. The molecule has 0 saturated carbocycles. The second kappa shape index (κ2) is 9.39. The van der Waals surface area contributed by atoms with Gasteiger partial charge in [-0.3, -0.25) is 14.3 Å². The van der Waals surface area contributed by atoms with E-state index in [-0.39, 0.29) is 11.9 Å². The molecule has 0 aliphatic carbocycles. The van der Waals surface area contributed by atoms with Crippen LogP contribution in [0.1, 0.15) is 31.1 Å². The van der Waals surface area contributed by atoms with Crippen molar-refractivity contribution in [3.8, 4) is 22.4 Å². The van der Waals surface area contributed by atoms with Gasteiger partial charge in [0.05, 0.1) is 24.1 Å². The minimum Gasteiger partial charge on any atom is -0.366 e. The first-order chi connectivity index (χ1) is 18.3. The van der Waals surface area contributed by atoms with E-state index in [2.05, 4.69) is 25.3 Å². The molecule has 204 valence electrons. The summed E-state index contributed by atoms with van der Waals surface area (Å²) >= 11 is 0. The summed E-state index contributed by atoms with van der Waals surface area (Å²) in [5, 5.41) is 12.4. The van der Waals surface area contributed by atoms with Gasteiger partial charge in [0.25, 0.3) is 0 Å². The molecule has 5 rings (SSSR count). The van der Waals surface area contributed by atoms with E-state index in [9.17, 15) is 26.3 Å². The Bertz CT molecular complexity index is 1610. The number of rotatable bonds is 6. The van der Waals surface area contributed by atoms with Crippen molar-refractivity contribution in [3.63, 3.8) is 0 Å². The van der Waals surface area contributed by atoms with Crippen molar-refractivity contribution in [1.29, 1.82) is 0 Å². The first kappa shape index (κ1) is 26.2. The summed E-state index contributed by atoms with van der Waals surface area (Å²) in [6, 6.07) is 5.29. The topological polar surface area (TPSA) is 105 Å². The quantitative estimate of drug-likeness (QED) is 0.290. The number of hydrogen-bond donors (Lipinski definition) is 1. The maximum atomic E-state index is 13.0. The molecule has 0 radical (unpaired) electrons. The average Bonchev–Trinajstić information content (AvgIpc) is 3.56. The highest BCUT2D eigenvalue weighted by Gasteiger charge is 2.33. The van der Waals surface area contributed by atoms with Crippen LogP contribution in [-0.4, -0.2) is 45.3 Å². The Labute approximate surface area is 216 Å². The smallest absolute Gasteiger partial charge is 0.366 e. The van der Waals surface area contributed by atoms with Crippen LogP contribution < -0.4 is 5.73 Å². The van der Waals surface area contributed by atoms with Crippen LogP contribution in [0.5, 0.6) is 0 Å². The van der Waals surface area contributed by atoms with Crippen molar-refractivity contribution in [2.24, 2.45) is 5.92 Å². The fourth-order valence-corrected chi connectivity index (χ4v) is 4.37. The molecule has 15 heteroatoms. The van der Waals surface area contributed by atoms with E-state index in [1.807, 2.05) is 13.8 Å². The molecule has 0 amide bonds. The first-order valence-corrected chi connectivity index (χ1v) is 11.6. The number of hydrogen-bond acceptors (Lipinski definition) is 6. The second-order valence-electron chi connectivity index (χ2n) is 9.28. The van der Waals surface area contributed by atoms with Crippen LogP contribution in [-0.2, 0) is 12.7 Å². The van der Waals surface area contributed by atoms with Gasteiger partial charge in [0.15, 0.2) is 5.65 Å². The molecule has 5 aromatic rings. The molecular formula is C24H21F6N9. The van der Waals surface area contributed by atoms with Gasteiger partial charge in [-0.05, 0) is 35.2 Å². The second-order valence-corrected chi connectivity index (χ2v) is 9.28. The largest absolute Gasteiger partial charge is 0.433 e.